The molecule has 2 aromatic rings. The van der Waals surface area contributed by atoms with Gasteiger partial charge >= 0.3 is 0 Å². The summed E-state index contributed by atoms with van der Waals surface area (Å²) in [6.07, 6.45) is 0.961. The maximum atomic E-state index is 11.4. The minimum atomic E-state index is -0.153. The lowest BCUT2D eigenvalue weighted by molar-refractivity contribution is -0.122. The normalized spacial score (nSPS) is 14.8. The standard InChI is InChI=1S/C15H16ClN3OS/c16-12-4-2-1-3-11(12)14-7-10-8-19(9-15(20)18-17)6-5-13(10)21-14/h1-4,7H,5-6,8-9,17H2,(H,18,20). The molecule has 0 fully saturated rings. The molecule has 3 N–H and O–H groups in total. The molecule has 1 aromatic carbocycles. The highest BCUT2D eigenvalue weighted by atomic mass is 35.5. The van der Waals surface area contributed by atoms with Crippen molar-refractivity contribution in [3.05, 3.63) is 45.8 Å². The van der Waals surface area contributed by atoms with Crippen molar-refractivity contribution in [2.75, 3.05) is 13.1 Å². The van der Waals surface area contributed by atoms with Crippen LogP contribution in [0.5, 0.6) is 0 Å². The number of hydrogen-bond acceptors (Lipinski definition) is 4. The highest BCUT2D eigenvalue weighted by Gasteiger charge is 2.21. The second-order valence-electron chi connectivity index (χ2n) is 5.07. The van der Waals surface area contributed by atoms with Gasteiger partial charge in [-0.05, 0) is 24.1 Å². The van der Waals surface area contributed by atoms with Crippen molar-refractivity contribution < 1.29 is 4.79 Å². The van der Waals surface area contributed by atoms with Crippen LogP contribution in [0.25, 0.3) is 10.4 Å². The molecule has 2 heterocycles. The summed E-state index contributed by atoms with van der Waals surface area (Å²) in [5.41, 5.74) is 4.54. The van der Waals surface area contributed by atoms with Crippen LogP contribution in [-0.2, 0) is 17.8 Å². The Kier molecular flexibility index (Phi) is 4.26. The van der Waals surface area contributed by atoms with E-state index in [1.165, 1.54) is 15.3 Å². The molecule has 0 saturated heterocycles. The zero-order valence-corrected chi connectivity index (χ0v) is 13.0. The van der Waals surface area contributed by atoms with Gasteiger partial charge in [0.2, 0.25) is 5.91 Å². The molecule has 0 aliphatic carbocycles. The Morgan fingerprint density at radius 2 is 2.24 bits per heavy atom. The number of nitrogens with one attached hydrogen (secondary N) is 1. The number of thiophene rings is 1. The van der Waals surface area contributed by atoms with Crippen LogP contribution >= 0.6 is 22.9 Å². The second kappa shape index (κ2) is 6.15. The maximum Gasteiger partial charge on any atom is 0.248 e. The quantitative estimate of drug-likeness (QED) is 0.518. The number of nitrogens with zero attached hydrogens (tertiary/aromatic N) is 1. The first-order chi connectivity index (χ1) is 10.2. The first-order valence-electron chi connectivity index (χ1n) is 6.75. The van der Waals surface area contributed by atoms with Crippen LogP contribution in [0, 0.1) is 0 Å². The van der Waals surface area contributed by atoms with E-state index in [9.17, 15) is 4.79 Å². The smallest absolute Gasteiger partial charge is 0.248 e. The first kappa shape index (κ1) is 14.5. The number of amides is 1. The summed E-state index contributed by atoms with van der Waals surface area (Å²) < 4.78 is 0. The molecule has 0 spiro atoms. The van der Waals surface area contributed by atoms with Crippen LogP contribution in [0.3, 0.4) is 0 Å². The highest BCUT2D eigenvalue weighted by molar-refractivity contribution is 7.15. The molecule has 4 nitrogen and oxygen atoms in total. The Balaban J connectivity index is 1.82. The van der Waals surface area contributed by atoms with E-state index < -0.39 is 0 Å². The molecular formula is C15H16ClN3OS. The van der Waals surface area contributed by atoms with E-state index in [-0.39, 0.29) is 5.91 Å². The molecule has 1 aliphatic heterocycles. The fourth-order valence-electron chi connectivity index (χ4n) is 2.57. The monoisotopic (exact) mass is 321 g/mol. The van der Waals surface area contributed by atoms with Gasteiger partial charge in [-0.25, -0.2) is 5.84 Å². The first-order valence-corrected chi connectivity index (χ1v) is 7.95. The third-order valence-corrected chi connectivity index (χ3v) is 5.21. The lowest BCUT2D eigenvalue weighted by atomic mass is 10.1. The number of rotatable bonds is 3. The lowest BCUT2D eigenvalue weighted by Gasteiger charge is -2.25. The molecule has 0 atom stereocenters. The topological polar surface area (TPSA) is 58.4 Å². The highest BCUT2D eigenvalue weighted by Crippen LogP contribution is 2.37. The van der Waals surface area contributed by atoms with Crippen molar-refractivity contribution >= 4 is 28.8 Å². The van der Waals surface area contributed by atoms with Gasteiger partial charge in [0.15, 0.2) is 0 Å². The SMILES string of the molecule is NNC(=O)CN1CCc2sc(-c3ccccc3Cl)cc2C1. The van der Waals surface area contributed by atoms with E-state index in [2.05, 4.69) is 16.4 Å². The molecule has 1 amide bonds. The Morgan fingerprint density at radius 1 is 1.43 bits per heavy atom. The molecule has 0 bridgehead atoms. The van der Waals surface area contributed by atoms with Gasteiger partial charge in [0.05, 0.1) is 6.54 Å². The number of hydrogen-bond donors (Lipinski definition) is 2. The molecule has 21 heavy (non-hydrogen) atoms. The molecular weight excluding hydrogens is 306 g/mol. The summed E-state index contributed by atoms with van der Waals surface area (Å²) in [5, 5.41) is 0.774. The number of carbonyl (C=O) groups is 1. The van der Waals surface area contributed by atoms with Crippen molar-refractivity contribution in [3.8, 4) is 10.4 Å². The van der Waals surface area contributed by atoms with Gasteiger partial charge < -0.3 is 0 Å². The van der Waals surface area contributed by atoms with E-state index in [1.807, 2.05) is 24.3 Å². The zero-order valence-electron chi connectivity index (χ0n) is 11.4. The average molecular weight is 322 g/mol. The Morgan fingerprint density at radius 3 is 3.00 bits per heavy atom. The third-order valence-electron chi connectivity index (χ3n) is 3.61. The Labute approximate surface area is 132 Å². The molecule has 0 radical (unpaired) electrons. The van der Waals surface area contributed by atoms with Gasteiger partial charge in [0.1, 0.15) is 0 Å². The summed E-state index contributed by atoms with van der Waals surface area (Å²) in [5.74, 6) is 4.99. The summed E-state index contributed by atoms with van der Waals surface area (Å²) in [7, 11) is 0. The number of carbonyl (C=O) groups excluding carboxylic acids is 1. The van der Waals surface area contributed by atoms with E-state index in [0.29, 0.717) is 6.54 Å². The van der Waals surface area contributed by atoms with Crippen LogP contribution < -0.4 is 11.3 Å². The number of hydrazine groups is 1. The van der Waals surface area contributed by atoms with Crippen molar-refractivity contribution in [2.45, 2.75) is 13.0 Å². The molecule has 0 unspecified atom stereocenters. The van der Waals surface area contributed by atoms with Gasteiger partial charge in [0, 0.05) is 33.4 Å². The van der Waals surface area contributed by atoms with Crippen LogP contribution in [0.4, 0.5) is 0 Å². The van der Waals surface area contributed by atoms with E-state index in [0.717, 1.165) is 30.1 Å². The minimum absolute atomic E-state index is 0.153. The number of halogens is 1. The van der Waals surface area contributed by atoms with E-state index in [4.69, 9.17) is 17.4 Å². The predicted octanol–water partition coefficient (Wildman–Crippen LogP) is 2.42. The number of fused-ring (bicyclic) bond motifs is 1. The van der Waals surface area contributed by atoms with Crippen LogP contribution in [0.2, 0.25) is 5.02 Å². The van der Waals surface area contributed by atoms with E-state index >= 15 is 0 Å². The molecule has 1 aliphatic rings. The van der Waals surface area contributed by atoms with Crippen molar-refractivity contribution in [2.24, 2.45) is 5.84 Å². The summed E-state index contributed by atoms with van der Waals surface area (Å²) in [6, 6.07) is 10.1. The van der Waals surface area contributed by atoms with Crippen LogP contribution in [0.15, 0.2) is 30.3 Å². The second-order valence-corrected chi connectivity index (χ2v) is 6.61. The van der Waals surface area contributed by atoms with Gasteiger partial charge in [0.25, 0.3) is 0 Å². The van der Waals surface area contributed by atoms with Crippen molar-refractivity contribution in [3.63, 3.8) is 0 Å². The fraction of sp³-hybridized carbons (Fsp3) is 0.267. The number of benzene rings is 1. The van der Waals surface area contributed by atoms with Crippen molar-refractivity contribution in [1.29, 1.82) is 0 Å². The molecule has 1 aromatic heterocycles. The maximum absolute atomic E-state index is 11.4. The fourth-order valence-corrected chi connectivity index (χ4v) is 4.07. The van der Waals surface area contributed by atoms with Crippen LogP contribution in [0.1, 0.15) is 10.4 Å². The zero-order chi connectivity index (χ0) is 14.8. The Hall–Kier alpha value is -1.40. The summed E-state index contributed by atoms with van der Waals surface area (Å²) in [6.45, 7) is 2.00. The molecule has 3 rings (SSSR count). The molecule has 6 heteroatoms. The van der Waals surface area contributed by atoms with Crippen LogP contribution in [-0.4, -0.2) is 23.9 Å². The molecule has 110 valence electrons. The van der Waals surface area contributed by atoms with Gasteiger partial charge in [-0.1, -0.05) is 29.8 Å². The molecule has 0 saturated carbocycles. The van der Waals surface area contributed by atoms with Gasteiger partial charge in [-0.15, -0.1) is 11.3 Å². The predicted molar refractivity (Wildman–Crippen MR) is 86.1 cm³/mol. The Bertz CT molecular complexity index is 671. The van der Waals surface area contributed by atoms with E-state index in [1.54, 1.807) is 11.3 Å². The summed E-state index contributed by atoms with van der Waals surface area (Å²) in [4.78, 5) is 16.0. The van der Waals surface area contributed by atoms with Gasteiger partial charge in [-0.3, -0.25) is 15.1 Å². The third kappa shape index (κ3) is 3.11. The largest absolute Gasteiger partial charge is 0.293 e. The summed E-state index contributed by atoms with van der Waals surface area (Å²) >= 11 is 8.06. The minimum Gasteiger partial charge on any atom is -0.293 e. The lowest BCUT2D eigenvalue weighted by Crippen LogP contribution is -2.42. The van der Waals surface area contributed by atoms with Crippen molar-refractivity contribution in [1.82, 2.24) is 10.3 Å². The van der Waals surface area contributed by atoms with Gasteiger partial charge in [-0.2, -0.15) is 0 Å². The number of nitrogens with two attached hydrogens (primary N) is 1. The average Bonchev–Trinajstić information content (AvgIpc) is 2.90.